The fourth-order valence-electron chi connectivity index (χ4n) is 4.29. The minimum absolute atomic E-state index is 0.0140. The number of anilines is 1. The fourth-order valence-corrected chi connectivity index (χ4v) is 5.33. The molecule has 176 valence electrons. The van der Waals surface area contributed by atoms with Gasteiger partial charge in [-0.25, -0.2) is 4.98 Å². The van der Waals surface area contributed by atoms with Crippen LogP contribution in [0, 0.1) is 0 Å². The molecule has 0 radical (unpaired) electrons. The van der Waals surface area contributed by atoms with Gasteiger partial charge in [-0.15, -0.1) is 0 Å². The second-order valence-corrected chi connectivity index (χ2v) is 9.86. The van der Waals surface area contributed by atoms with Gasteiger partial charge in [-0.05, 0) is 47.7 Å². The molecule has 0 spiro atoms. The lowest BCUT2D eigenvalue weighted by Crippen LogP contribution is -2.29. The lowest BCUT2D eigenvalue weighted by molar-refractivity contribution is -0.132. The summed E-state index contributed by atoms with van der Waals surface area (Å²) in [6.07, 6.45) is 2.47. The molecule has 1 fully saturated rings. The van der Waals surface area contributed by atoms with E-state index in [2.05, 4.69) is 29.9 Å². The van der Waals surface area contributed by atoms with Crippen LogP contribution in [-0.2, 0) is 16.0 Å². The highest BCUT2D eigenvalue weighted by atomic mass is 32.1. The monoisotopic (exact) mass is 483 g/mol. The van der Waals surface area contributed by atoms with E-state index in [0.29, 0.717) is 22.3 Å². The number of nitrogens with zero attached hydrogens (tertiary/aromatic N) is 3. The van der Waals surface area contributed by atoms with Gasteiger partial charge in [0.1, 0.15) is 11.8 Å². The Hall–Kier alpha value is -3.84. The van der Waals surface area contributed by atoms with Crippen molar-refractivity contribution in [2.75, 3.05) is 4.90 Å². The molecule has 1 unspecified atom stereocenters. The van der Waals surface area contributed by atoms with E-state index in [0.717, 1.165) is 22.2 Å². The van der Waals surface area contributed by atoms with E-state index in [1.54, 1.807) is 36.5 Å². The molecule has 1 N–H and O–H groups in total. The summed E-state index contributed by atoms with van der Waals surface area (Å²) < 4.78 is 0.933. The number of aryl methyl sites for hydroxylation is 1. The van der Waals surface area contributed by atoms with Crippen molar-refractivity contribution in [3.63, 3.8) is 0 Å². The minimum Gasteiger partial charge on any atom is -0.507 e. The summed E-state index contributed by atoms with van der Waals surface area (Å²) in [5.41, 5.74) is 4.02. The molecule has 0 aliphatic carbocycles. The SMILES string of the molecule is CCc1ccc(/C(O)=C2\C(=O)C(=O)N(c3nc4ccc(C(C)C)cc4s3)C2c2ccccn2)cc1. The van der Waals surface area contributed by atoms with Crippen molar-refractivity contribution in [3.8, 4) is 0 Å². The number of aliphatic hydroxyl groups excluding tert-OH is 1. The van der Waals surface area contributed by atoms with Crippen LogP contribution in [0.1, 0.15) is 55.1 Å². The predicted octanol–water partition coefficient (Wildman–Crippen LogP) is 6.00. The van der Waals surface area contributed by atoms with E-state index in [1.165, 1.54) is 21.8 Å². The van der Waals surface area contributed by atoms with Gasteiger partial charge in [-0.1, -0.05) is 68.5 Å². The first-order valence-corrected chi connectivity index (χ1v) is 12.4. The maximum Gasteiger partial charge on any atom is 0.301 e. The number of Topliss-reactive ketones (excluding diaryl/α,β-unsaturated/α-hetero) is 1. The van der Waals surface area contributed by atoms with Crippen molar-refractivity contribution in [1.82, 2.24) is 9.97 Å². The number of rotatable bonds is 5. The number of amides is 1. The van der Waals surface area contributed by atoms with E-state index in [9.17, 15) is 14.7 Å². The van der Waals surface area contributed by atoms with Gasteiger partial charge in [0, 0.05) is 11.8 Å². The van der Waals surface area contributed by atoms with Gasteiger partial charge < -0.3 is 5.11 Å². The van der Waals surface area contributed by atoms with E-state index < -0.39 is 17.7 Å². The van der Waals surface area contributed by atoms with Crippen molar-refractivity contribution in [1.29, 1.82) is 0 Å². The van der Waals surface area contributed by atoms with Gasteiger partial charge in [0.25, 0.3) is 5.78 Å². The third kappa shape index (κ3) is 4.02. The number of hydrogen-bond acceptors (Lipinski definition) is 6. The number of benzene rings is 2. The van der Waals surface area contributed by atoms with Gasteiger partial charge in [-0.3, -0.25) is 19.5 Å². The Labute approximate surface area is 207 Å². The zero-order chi connectivity index (χ0) is 24.7. The Balaban J connectivity index is 1.68. The molecule has 1 saturated heterocycles. The molecule has 3 heterocycles. The predicted molar refractivity (Wildman–Crippen MR) is 139 cm³/mol. The van der Waals surface area contributed by atoms with Crippen LogP contribution in [0.3, 0.4) is 0 Å². The number of hydrogen-bond donors (Lipinski definition) is 1. The van der Waals surface area contributed by atoms with Gasteiger partial charge in [0.2, 0.25) is 0 Å². The molecular formula is C28H25N3O3S. The average Bonchev–Trinajstić information content (AvgIpc) is 3.41. The van der Waals surface area contributed by atoms with Gasteiger partial charge in [0.15, 0.2) is 5.13 Å². The summed E-state index contributed by atoms with van der Waals surface area (Å²) in [5.74, 6) is -1.34. The van der Waals surface area contributed by atoms with Crippen molar-refractivity contribution >= 4 is 44.1 Å². The van der Waals surface area contributed by atoms with Gasteiger partial charge in [0.05, 0.1) is 21.5 Å². The summed E-state index contributed by atoms with van der Waals surface area (Å²) in [4.78, 5) is 37.2. The normalized spacial score (nSPS) is 17.6. The van der Waals surface area contributed by atoms with Crippen LogP contribution in [-0.4, -0.2) is 26.8 Å². The molecule has 0 bridgehead atoms. The first-order chi connectivity index (χ1) is 16.9. The summed E-state index contributed by atoms with van der Waals surface area (Å²) in [5, 5.41) is 11.6. The number of aliphatic hydroxyl groups is 1. The Morgan fingerprint density at radius 2 is 1.86 bits per heavy atom. The Morgan fingerprint density at radius 3 is 2.51 bits per heavy atom. The summed E-state index contributed by atoms with van der Waals surface area (Å²) in [6, 6.07) is 17.8. The molecule has 2 aromatic heterocycles. The average molecular weight is 484 g/mol. The Bertz CT molecular complexity index is 1460. The number of carbonyl (C=O) groups excluding carboxylic acids is 2. The zero-order valence-electron chi connectivity index (χ0n) is 19.7. The van der Waals surface area contributed by atoms with E-state index in [1.807, 2.05) is 31.2 Å². The number of fused-ring (bicyclic) bond motifs is 1. The van der Waals surface area contributed by atoms with Crippen LogP contribution >= 0.6 is 11.3 Å². The fraction of sp³-hybridized carbons (Fsp3) is 0.214. The van der Waals surface area contributed by atoms with Gasteiger partial charge in [-0.2, -0.15) is 0 Å². The third-order valence-electron chi connectivity index (χ3n) is 6.32. The largest absolute Gasteiger partial charge is 0.507 e. The number of aromatic nitrogens is 2. The maximum absolute atomic E-state index is 13.4. The number of carbonyl (C=O) groups is 2. The summed E-state index contributed by atoms with van der Waals surface area (Å²) >= 11 is 1.35. The molecule has 1 aliphatic heterocycles. The highest BCUT2D eigenvalue weighted by Gasteiger charge is 2.48. The maximum atomic E-state index is 13.4. The molecule has 4 aromatic rings. The highest BCUT2D eigenvalue weighted by Crippen LogP contribution is 2.44. The lowest BCUT2D eigenvalue weighted by atomic mass is 9.97. The van der Waals surface area contributed by atoms with E-state index in [4.69, 9.17) is 0 Å². The van der Waals surface area contributed by atoms with Crippen LogP contribution < -0.4 is 4.90 Å². The van der Waals surface area contributed by atoms with Gasteiger partial charge >= 0.3 is 5.91 Å². The first kappa shape index (κ1) is 22.9. The van der Waals surface area contributed by atoms with Crippen molar-refractivity contribution in [3.05, 3.63) is 94.8 Å². The molecule has 6 nitrogen and oxygen atoms in total. The smallest absolute Gasteiger partial charge is 0.301 e. The van der Waals surface area contributed by atoms with Crippen LogP contribution in [0.15, 0.2) is 72.4 Å². The van der Waals surface area contributed by atoms with Crippen LogP contribution in [0.4, 0.5) is 5.13 Å². The topological polar surface area (TPSA) is 83.4 Å². The Morgan fingerprint density at radius 1 is 1.09 bits per heavy atom. The molecule has 1 aliphatic rings. The second-order valence-electron chi connectivity index (χ2n) is 8.85. The van der Waals surface area contributed by atoms with Crippen molar-refractivity contribution in [2.45, 2.75) is 39.2 Å². The number of ketones is 1. The molecular weight excluding hydrogens is 458 g/mol. The summed E-state index contributed by atoms with van der Waals surface area (Å²) in [6.45, 7) is 6.29. The molecule has 7 heteroatoms. The quantitative estimate of drug-likeness (QED) is 0.214. The third-order valence-corrected chi connectivity index (χ3v) is 7.34. The molecule has 35 heavy (non-hydrogen) atoms. The highest BCUT2D eigenvalue weighted by molar-refractivity contribution is 7.22. The minimum atomic E-state index is -0.882. The zero-order valence-corrected chi connectivity index (χ0v) is 20.5. The van der Waals surface area contributed by atoms with E-state index in [-0.39, 0.29) is 11.3 Å². The lowest BCUT2D eigenvalue weighted by Gasteiger charge is -2.21. The second kappa shape index (κ2) is 9.07. The number of pyridine rings is 1. The number of thiazole rings is 1. The molecule has 5 rings (SSSR count). The molecule has 0 saturated carbocycles. The van der Waals surface area contributed by atoms with E-state index >= 15 is 0 Å². The molecule has 1 atom stereocenters. The van der Waals surface area contributed by atoms with Crippen LogP contribution in [0.25, 0.3) is 16.0 Å². The van der Waals surface area contributed by atoms with Crippen molar-refractivity contribution < 1.29 is 14.7 Å². The summed E-state index contributed by atoms with van der Waals surface area (Å²) in [7, 11) is 0. The molecule has 1 amide bonds. The standard InChI is InChI=1S/C28H25N3O3S/c1-4-17-8-10-18(11-9-17)25(32)23-24(21-7-5-6-14-29-21)31(27(34)26(23)33)28-30-20-13-12-19(16(2)3)15-22(20)35-28/h5-16,24,32H,4H2,1-3H3/b25-23+. The molecule has 2 aromatic carbocycles. The first-order valence-electron chi connectivity index (χ1n) is 11.6. The Kier molecular flexibility index (Phi) is 5.94. The van der Waals surface area contributed by atoms with Crippen LogP contribution in [0.5, 0.6) is 0 Å². The van der Waals surface area contributed by atoms with Crippen molar-refractivity contribution in [2.24, 2.45) is 0 Å². The van der Waals surface area contributed by atoms with Crippen LogP contribution in [0.2, 0.25) is 0 Å².